The van der Waals surface area contributed by atoms with Gasteiger partial charge in [0, 0.05) is 11.4 Å². The van der Waals surface area contributed by atoms with Crippen LogP contribution in [0, 0.1) is 5.82 Å². The Kier molecular flexibility index (Phi) is 4.50. The lowest BCUT2D eigenvalue weighted by atomic mass is 10.2. The fourth-order valence-electron chi connectivity index (χ4n) is 2.21. The smallest absolute Gasteiger partial charge is 0.266 e. The van der Waals surface area contributed by atoms with Crippen molar-refractivity contribution < 1.29 is 9.18 Å². The lowest BCUT2D eigenvalue weighted by Gasteiger charge is -2.16. The summed E-state index contributed by atoms with van der Waals surface area (Å²) in [5.74, 6) is 0.238. The van der Waals surface area contributed by atoms with Gasteiger partial charge in [0.1, 0.15) is 5.82 Å². The molecule has 2 aromatic rings. The SMILES string of the molecule is O=C1C(SCc2ccc(F)cc2)=C(Cl)CN1c1ccccc1. The first kappa shape index (κ1) is 15.1. The van der Waals surface area contributed by atoms with Gasteiger partial charge in [-0.3, -0.25) is 4.79 Å². The Bertz CT molecular complexity index is 715. The lowest BCUT2D eigenvalue weighted by molar-refractivity contribution is -0.113. The van der Waals surface area contributed by atoms with Crippen LogP contribution < -0.4 is 4.90 Å². The first-order valence-corrected chi connectivity index (χ1v) is 8.14. The molecule has 22 heavy (non-hydrogen) atoms. The number of amides is 1. The molecule has 3 rings (SSSR count). The molecule has 1 amide bonds. The summed E-state index contributed by atoms with van der Waals surface area (Å²) >= 11 is 7.64. The van der Waals surface area contributed by atoms with Crippen molar-refractivity contribution in [1.29, 1.82) is 0 Å². The molecule has 2 aromatic carbocycles. The van der Waals surface area contributed by atoms with Gasteiger partial charge in [-0.1, -0.05) is 41.9 Å². The van der Waals surface area contributed by atoms with E-state index >= 15 is 0 Å². The molecular formula is C17H13ClFNOS. The monoisotopic (exact) mass is 333 g/mol. The standard InChI is InChI=1S/C17H13ClFNOS/c18-15-10-20(14-4-2-1-3-5-14)17(21)16(15)22-11-12-6-8-13(19)9-7-12/h1-9H,10-11H2. The van der Waals surface area contributed by atoms with Crippen LogP contribution in [0.25, 0.3) is 0 Å². The summed E-state index contributed by atoms with van der Waals surface area (Å²) in [6.45, 7) is 0.399. The van der Waals surface area contributed by atoms with E-state index in [-0.39, 0.29) is 11.7 Å². The van der Waals surface area contributed by atoms with E-state index < -0.39 is 0 Å². The van der Waals surface area contributed by atoms with Crippen LogP contribution in [0.5, 0.6) is 0 Å². The molecule has 1 aliphatic heterocycles. The number of halogens is 2. The van der Waals surface area contributed by atoms with Gasteiger partial charge in [-0.15, -0.1) is 11.8 Å². The van der Waals surface area contributed by atoms with E-state index in [1.807, 2.05) is 30.3 Å². The Morgan fingerprint density at radius 3 is 2.45 bits per heavy atom. The molecule has 5 heteroatoms. The second-order valence-electron chi connectivity index (χ2n) is 4.88. The third kappa shape index (κ3) is 3.18. The van der Waals surface area contributed by atoms with Crippen molar-refractivity contribution in [1.82, 2.24) is 0 Å². The second-order valence-corrected chi connectivity index (χ2v) is 6.32. The zero-order chi connectivity index (χ0) is 15.5. The molecule has 1 heterocycles. The van der Waals surface area contributed by atoms with Gasteiger partial charge in [-0.05, 0) is 29.8 Å². The van der Waals surface area contributed by atoms with Gasteiger partial charge >= 0.3 is 0 Å². The fourth-order valence-corrected chi connectivity index (χ4v) is 3.54. The van der Waals surface area contributed by atoms with Crippen molar-refractivity contribution in [3.63, 3.8) is 0 Å². The minimum absolute atomic E-state index is 0.0803. The van der Waals surface area contributed by atoms with E-state index in [1.54, 1.807) is 17.0 Å². The summed E-state index contributed by atoms with van der Waals surface area (Å²) in [7, 11) is 0. The van der Waals surface area contributed by atoms with Crippen molar-refractivity contribution >= 4 is 35.0 Å². The van der Waals surface area contributed by atoms with Gasteiger partial charge < -0.3 is 4.90 Å². The Morgan fingerprint density at radius 2 is 1.77 bits per heavy atom. The molecule has 0 N–H and O–H groups in total. The van der Waals surface area contributed by atoms with Crippen molar-refractivity contribution in [2.45, 2.75) is 5.75 Å². The molecule has 0 radical (unpaired) electrons. The van der Waals surface area contributed by atoms with Crippen LogP contribution in [0.4, 0.5) is 10.1 Å². The minimum Gasteiger partial charge on any atom is -0.303 e. The Labute approximate surface area is 137 Å². The average Bonchev–Trinajstić information content (AvgIpc) is 2.82. The zero-order valence-corrected chi connectivity index (χ0v) is 13.2. The number of benzene rings is 2. The molecule has 112 valence electrons. The molecule has 0 unspecified atom stereocenters. The van der Waals surface area contributed by atoms with Gasteiger partial charge in [0.05, 0.1) is 16.5 Å². The number of nitrogens with zero attached hydrogens (tertiary/aromatic N) is 1. The molecule has 0 aliphatic carbocycles. The highest BCUT2D eigenvalue weighted by Crippen LogP contribution is 2.35. The number of para-hydroxylation sites is 1. The van der Waals surface area contributed by atoms with Gasteiger partial charge in [0.25, 0.3) is 5.91 Å². The molecule has 0 atom stereocenters. The van der Waals surface area contributed by atoms with Crippen molar-refractivity contribution in [2.75, 3.05) is 11.4 Å². The number of carbonyl (C=O) groups excluding carboxylic acids is 1. The predicted molar refractivity (Wildman–Crippen MR) is 89.4 cm³/mol. The number of carbonyl (C=O) groups is 1. The molecule has 2 nitrogen and oxygen atoms in total. The van der Waals surface area contributed by atoms with E-state index in [0.717, 1.165) is 11.3 Å². The highest BCUT2D eigenvalue weighted by Gasteiger charge is 2.30. The van der Waals surface area contributed by atoms with Crippen LogP contribution in [-0.4, -0.2) is 12.5 Å². The van der Waals surface area contributed by atoms with Crippen molar-refractivity contribution in [3.05, 3.63) is 75.9 Å². The molecule has 0 aromatic heterocycles. The maximum atomic E-state index is 12.9. The molecule has 0 fully saturated rings. The minimum atomic E-state index is -0.266. The van der Waals surface area contributed by atoms with Crippen LogP contribution in [0.15, 0.2) is 64.5 Å². The van der Waals surface area contributed by atoms with E-state index in [9.17, 15) is 9.18 Å². The molecule has 0 spiro atoms. The van der Waals surface area contributed by atoms with Crippen LogP contribution >= 0.6 is 23.4 Å². The number of hydrogen-bond donors (Lipinski definition) is 0. The average molecular weight is 334 g/mol. The van der Waals surface area contributed by atoms with E-state index in [1.165, 1.54) is 23.9 Å². The molecule has 1 aliphatic rings. The van der Waals surface area contributed by atoms with Crippen LogP contribution in [0.3, 0.4) is 0 Å². The molecule has 0 saturated heterocycles. The van der Waals surface area contributed by atoms with E-state index in [0.29, 0.717) is 22.2 Å². The van der Waals surface area contributed by atoms with E-state index in [2.05, 4.69) is 0 Å². The Hall–Kier alpha value is -1.78. The summed E-state index contributed by atoms with van der Waals surface area (Å²) in [5, 5.41) is 0.556. The normalized spacial score (nSPS) is 14.8. The fraction of sp³-hybridized carbons (Fsp3) is 0.118. The zero-order valence-electron chi connectivity index (χ0n) is 11.6. The lowest BCUT2D eigenvalue weighted by Crippen LogP contribution is -2.26. The van der Waals surface area contributed by atoms with Gasteiger partial charge in [-0.2, -0.15) is 0 Å². The first-order valence-electron chi connectivity index (χ1n) is 6.78. The number of rotatable bonds is 4. The Balaban J connectivity index is 1.70. The van der Waals surface area contributed by atoms with Crippen LogP contribution in [0.2, 0.25) is 0 Å². The molecular weight excluding hydrogens is 321 g/mol. The van der Waals surface area contributed by atoms with Crippen molar-refractivity contribution in [2.24, 2.45) is 0 Å². The highest BCUT2D eigenvalue weighted by molar-refractivity contribution is 8.03. The van der Waals surface area contributed by atoms with Gasteiger partial charge in [-0.25, -0.2) is 4.39 Å². The van der Waals surface area contributed by atoms with Gasteiger partial charge in [0.2, 0.25) is 0 Å². The third-order valence-electron chi connectivity index (χ3n) is 3.35. The van der Waals surface area contributed by atoms with Crippen LogP contribution in [0.1, 0.15) is 5.56 Å². The maximum Gasteiger partial charge on any atom is 0.266 e. The Morgan fingerprint density at radius 1 is 1.09 bits per heavy atom. The van der Waals surface area contributed by atoms with Crippen LogP contribution in [-0.2, 0) is 10.5 Å². The maximum absolute atomic E-state index is 12.9. The first-order chi connectivity index (χ1) is 10.6. The number of anilines is 1. The number of hydrogen-bond acceptors (Lipinski definition) is 2. The summed E-state index contributed by atoms with van der Waals surface area (Å²) < 4.78 is 12.9. The summed E-state index contributed by atoms with van der Waals surface area (Å²) in [6.07, 6.45) is 0. The van der Waals surface area contributed by atoms with E-state index in [4.69, 9.17) is 11.6 Å². The summed E-state index contributed by atoms with van der Waals surface area (Å²) in [5.41, 5.74) is 1.79. The summed E-state index contributed by atoms with van der Waals surface area (Å²) in [4.78, 5) is 14.7. The predicted octanol–water partition coefficient (Wildman–Crippen LogP) is 4.56. The second kappa shape index (κ2) is 6.55. The number of thioether (sulfide) groups is 1. The van der Waals surface area contributed by atoms with Gasteiger partial charge in [0.15, 0.2) is 0 Å². The van der Waals surface area contributed by atoms with Crippen molar-refractivity contribution in [3.8, 4) is 0 Å². The topological polar surface area (TPSA) is 20.3 Å². The highest BCUT2D eigenvalue weighted by atomic mass is 35.5. The third-order valence-corrected chi connectivity index (χ3v) is 4.95. The quantitative estimate of drug-likeness (QED) is 0.817. The molecule has 0 bridgehead atoms. The largest absolute Gasteiger partial charge is 0.303 e. The molecule has 0 saturated carbocycles. The summed E-state index contributed by atoms with van der Waals surface area (Å²) in [6, 6.07) is 15.7.